The zero-order valence-electron chi connectivity index (χ0n) is 13.0. The molecule has 2 aliphatic heterocycles. The Morgan fingerprint density at radius 2 is 1.75 bits per heavy atom. The molecule has 2 N–H and O–H groups in total. The highest BCUT2D eigenvalue weighted by atomic mass is 32.1. The molecule has 5 nitrogen and oxygen atoms in total. The molecule has 0 amide bonds. The van der Waals surface area contributed by atoms with E-state index in [4.69, 9.17) is 9.47 Å². The Morgan fingerprint density at radius 1 is 1.17 bits per heavy atom. The molecule has 4 heterocycles. The van der Waals surface area contributed by atoms with Gasteiger partial charge in [-0.05, 0) is 22.9 Å². The molecule has 2 fully saturated rings. The van der Waals surface area contributed by atoms with Gasteiger partial charge in [0.05, 0.1) is 23.0 Å². The molecular formula is C17H19NO4S2. The third-order valence-corrected chi connectivity index (χ3v) is 6.66. The summed E-state index contributed by atoms with van der Waals surface area (Å²) in [4.78, 5) is 14.2. The van der Waals surface area contributed by atoms with E-state index in [0.717, 1.165) is 13.1 Å². The van der Waals surface area contributed by atoms with E-state index in [2.05, 4.69) is 5.32 Å². The Bertz CT molecular complexity index is 629. The average molecular weight is 365 g/mol. The van der Waals surface area contributed by atoms with Crippen LogP contribution in [-0.2, 0) is 19.9 Å². The molecule has 24 heavy (non-hydrogen) atoms. The maximum atomic E-state index is 13.0. The molecule has 2 aromatic rings. The van der Waals surface area contributed by atoms with Crippen molar-refractivity contribution >= 4 is 28.6 Å². The topological polar surface area (TPSA) is 67.8 Å². The molecule has 2 unspecified atom stereocenters. The zero-order valence-corrected chi connectivity index (χ0v) is 14.6. The number of hydrogen-bond donors (Lipinski definition) is 2. The van der Waals surface area contributed by atoms with Gasteiger partial charge in [-0.2, -0.15) is 0 Å². The number of thiophene rings is 2. The first kappa shape index (κ1) is 16.2. The molecule has 2 bridgehead atoms. The molecule has 7 heteroatoms. The van der Waals surface area contributed by atoms with Crippen molar-refractivity contribution in [2.75, 3.05) is 26.3 Å². The molecule has 128 valence electrons. The van der Waals surface area contributed by atoms with Gasteiger partial charge >= 0.3 is 5.97 Å². The monoisotopic (exact) mass is 365 g/mol. The van der Waals surface area contributed by atoms with Crippen molar-refractivity contribution in [3.63, 3.8) is 0 Å². The summed E-state index contributed by atoms with van der Waals surface area (Å²) >= 11 is 2.72. The number of aliphatic hydroxyl groups is 1. The minimum Gasteiger partial charge on any atom is -0.459 e. The summed E-state index contributed by atoms with van der Waals surface area (Å²) in [7, 11) is 0. The summed E-state index contributed by atoms with van der Waals surface area (Å²) in [6.45, 7) is 2.70. The molecule has 2 atom stereocenters. The molecule has 0 saturated carbocycles. The lowest BCUT2D eigenvalue weighted by Gasteiger charge is -2.42. The fourth-order valence-corrected chi connectivity index (χ4v) is 5.16. The van der Waals surface area contributed by atoms with Gasteiger partial charge in [0.2, 0.25) is 5.60 Å². The van der Waals surface area contributed by atoms with Crippen molar-refractivity contribution < 1.29 is 19.4 Å². The Morgan fingerprint density at radius 3 is 2.25 bits per heavy atom. The van der Waals surface area contributed by atoms with Crippen molar-refractivity contribution in [3.05, 3.63) is 44.8 Å². The van der Waals surface area contributed by atoms with E-state index in [-0.39, 0.29) is 17.9 Å². The maximum Gasteiger partial charge on any atom is 0.349 e. The van der Waals surface area contributed by atoms with Crippen LogP contribution in [0.1, 0.15) is 9.75 Å². The number of ether oxygens (including phenoxy) is 2. The first-order chi connectivity index (χ1) is 11.7. The van der Waals surface area contributed by atoms with Crippen LogP contribution in [0, 0.1) is 11.8 Å². The zero-order chi connectivity index (χ0) is 16.6. The quantitative estimate of drug-likeness (QED) is 0.809. The first-order valence-electron chi connectivity index (χ1n) is 7.99. The van der Waals surface area contributed by atoms with Crippen molar-refractivity contribution in [3.8, 4) is 0 Å². The van der Waals surface area contributed by atoms with Crippen LogP contribution in [-0.4, -0.2) is 43.5 Å². The highest BCUT2D eigenvalue weighted by molar-refractivity contribution is 7.12. The normalized spacial score (nSPS) is 27.0. The van der Waals surface area contributed by atoms with E-state index in [9.17, 15) is 9.90 Å². The SMILES string of the molecule is O=C(OC1C2CNCC1COC2)C(O)(c1cccs1)c1cccs1. The fourth-order valence-electron chi connectivity index (χ4n) is 3.44. The Hall–Kier alpha value is -1.25. The fraction of sp³-hybridized carbons (Fsp3) is 0.471. The standard InChI is InChI=1S/C17H19NO4S2/c19-16(22-15-11-7-18-8-12(15)10-21-9-11)17(20,13-3-1-5-23-13)14-4-2-6-24-14/h1-6,11-12,15,18,20H,7-10H2. The highest BCUT2D eigenvalue weighted by Gasteiger charge is 2.48. The molecule has 0 spiro atoms. The van der Waals surface area contributed by atoms with Gasteiger partial charge in [-0.3, -0.25) is 0 Å². The summed E-state index contributed by atoms with van der Waals surface area (Å²) < 4.78 is 11.5. The van der Waals surface area contributed by atoms with Crippen LogP contribution in [0.3, 0.4) is 0 Å². The molecular weight excluding hydrogens is 346 g/mol. The van der Waals surface area contributed by atoms with Crippen LogP contribution in [0.2, 0.25) is 0 Å². The first-order valence-corrected chi connectivity index (χ1v) is 9.75. The minimum atomic E-state index is -1.73. The van der Waals surface area contributed by atoms with E-state index >= 15 is 0 Å². The van der Waals surface area contributed by atoms with E-state index < -0.39 is 11.6 Å². The molecule has 0 aliphatic carbocycles. The molecule has 2 aliphatic rings. The van der Waals surface area contributed by atoms with E-state index in [1.165, 1.54) is 22.7 Å². The number of piperidine rings is 1. The second-order valence-electron chi connectivity index (χ2n) is 6.25. The van der Waals surface area contributed by atoms with Crippen molar-refractivity contribution in [1.82, 2.24) is 5.32 Å². The smallest absolute Gasteiger partial charge is 0.349 e. The van der Waals surface area contributed by atoms with Gasteiger partial charge < -0.3 is 19.9 Å². The lowest BCUT2D eigenvalue weighted by Crippen LogP contribution is -2.56. The van der Waals surface area contributed by atoms with E-state index in [0.29, 0.717) is 23.0 Å². The molecule has 0 aromatic carbocycles. The van der Waals surface area contributed by atoms with Crippen LogP contribution >= 0.6 is 22.7 Å². The molecule has 2 saturated heterocycles. The van der Waals surface area contributed by atoms with Crippen molar-refractivity contribution in [2.45, 2.75) is 11.7 Å². The number of carbonyl (C=O) groups is 1. The van der Waals surface area contributed by atoms with Crippen LogP contribution in [0.4, 0.5) is 0 Å². The van der Waals surface area contributed by atoms with Gasteiger partial charge in [0.15, 0.2) is 0 Å². The molecule has 0 radical (unpaired) electrons. The Balaban J connectivity index is 1.63. The molecule has 2 aromatic heterocycles. The number of rotatable bonds is 4. The van der Waals surface area contributed by atoms with Crippen LogP contribution in [0.25, 0.3) is 0 Å². The second kappa shape index (κ2) is 6.57. The largest absolute Gasteiger partial charge is 0.459 e. The van der Waals surface area contributed by atoms with Crippen LogP contribution in [0.15, 0.2) is 35.0 Å². The third kappa shape index (κ3) is 2.70. The lowest BCUT2D eigenvalue weighted by molar-refractivity contribution is -0.185. The summed E-state index contributed by atoms with van der Waals surface area (Å²) in [5.74, 6) is -0.314. The van der Waals surface area contributed by atoms with Gasteiger partial charge in [0.25, 0.3) is 0 Å². The summed E-state index contributed by atoms with van der Waals surface area (Å²) in [5, 5.41) is 18.4. The maximum absolute atomic E-state index is 13.0. The van der Waals surface area contributed by atoms with Gasteiger partial charge in [0, 0.05) is 24.9 Å². The van der Waals surface area contributed by atoms with Crippen LogP contribution < -0.4 is 5.32 Å². The Kier molecular flexibility index (Phi) is 4.44. The van der Waals surface area contributed by atoms with Gasteiger partial charge in [-0.25, -0.2) is 4.79 Å². The summed E-state index contributed by atoms with van der Waals surface area (Å²) in [6, 6.07) is 7.22. The van der Waals surface area contributed by atoms with E-state index in [1.807, 2.05) is 22.9 Å². The summed E-state index contributed by atoms with van der Waals surface area (Å²) in [6.07, 6.45) is -0.209. The minimum absolute atomic E-state index is 0.136. The number of nitrogens with one attached hydrogen (secondary N) is 1. The number of esters is 1. The second-order valence-corrected chi connectivity index (χ2v) is 8.15. The van der Waals surface area contributed by atoms with Gasteiger partial charge in [0.1, 0.15) is 6.10 Å². The number of carbonyl (C=O) groups excluding carboxylic acids is 1. The van der Waals surface area contributed by atoms with Gasteiger partial charge in [-0.15, -0.1) is 22.7 Å². The predicted molar refractivity (Wildman–Crippen MR) is 92.2 cm³/mol. The lowest BCUT2D eigenvalue weighted by atomic mass is 9.85. The highest BCUT2D eigenvalue weighted by Crippen LogP contribution is 2.38. The summed E-state index contributed by atoms with van der Waals surface area (Å²) in [5.41, 5.74) is -1.73. The number of fused-ring (bicyclic) bond motifs is 2. The predicted octanol–water partition coefficient (Wildman–Crippen LogP) is 1.82. The molecule has 4 rings (SSSR count). The number of hydrogen-bond acceptors (Lipinski definition) is 7. The third-order valence-electron chi connectivity index (χ3n) is 4.70. The van der Waals surface area contributed by atoms with Crippen LogP contribution in [0.5, 0.6) is 0 Å². The van der Waals surface area contributed by atoms with Crippen molar-refractivity contribution in [1.29, 1.82) is 0 Å². The van der Waals surface area contributed by atoms with Crippen molar-refractivity contribution in [2.24, 2.45) is 11.8 Å². The Labute approximate surface area is 148 Å². The average Bonchev–Trinajstić information content (AvgIpc) is 3.28. The van der Waals surface area contributed by atoms with E-state index in [1.54, 1.807) is 12.1 Å². The van der Waals surface area contributed by atoms with Gasteiger partial charge in [-0.1, -0.05) is 12.1 Å².